The molecule has 0 unspecified atom stereocenters. The second kappa shape index (κ2) is 6.26. The molecule has 2 N–H and O–H groups in total. The van der Waals surface area contributed by atoms with Crippen LogP contribution in [0.4, 0.5) is 0 Å². The van der Waals surface area contributed by atoms with Crippen LogP contribution in [0.15, 0.2) is 16.8 Å². The van der Waals surface area contributed by atoms with Gasteiger partial charge < -0.3 is 10.4 Å². The van der Waals surface area contributed by atoms with Gasteiger partial charge in [0.2, 0.25) is 0 Å². The lowest BCUT2D eigenvalue weighted by molar-refractivity contribution is 0.0946. The SMILES string of the molecule is O=C(NCc1cc(C#CCO)cs1)c1csnn1. The standard InChI is InChI=1S/C11H9N3O2S2/c15-3-1-2-8-4-9(17-6-8)5-12-11(16)10-7-18-14-13-10/h4,6-7,15H,3,5H2,(H,12,16). The summed E-state index contributed by atoms with van der Waals surface area (Å²) in [4.78, 5) is 12.6. The summed E-state index contributed by atoms with van der Waals surface area (Å²) in [5.41, 5.74) is 1.17. The van der Waals surface area contributed by atoms with Gasteiger partial charge in [-0.15, -0.1) is 16.4 Å². The number of carbonyl (C=O) groups excluding carboxylic acids is 1. The molecule has 1 amide bonds. The Kier molecular flexibility index (Phi) is 4.41. The maximum atomic E-state index is 11.6. The number of hydrogen-bond donors (Lipinski definition) is 2. The van der Waals surface area contributed by atoms with E-state index >= 15 is 0 Å². The molecule has 2 rings (SSSR count). The molecule has 0 aliphatic rings. The van der Waals surface area contributed by atoms with Crippen LogP contribution in [0.2, 0.25) is 0 Å². The fraction of sp³-hybridized carbons (Fsp3) is 0.182. The molecule has 5 nitrogen and oxygen atoms in total. The molecular weight excluding hydrogens is 270 g/mol. The van der Waals surface area contributed by atoms with E-state index in [4.69, 9.17) is 5.11 Å². The van der Waals surface area contributed by atoms with E-state index in [-0.39, 0.29) is 12.5 Å². The van der Waals surface area contributed by atoms with Crippen LogP contribution in [0.3, 0.4) is 0 Å². The fourth-order valence-corrected chi connectivity index (χ4v) is 2.39. The normalized spacial score (nSPS) is 9.61. The van der Waals surface area contributed by atoms with Crippen molar-refractivity contribution in [2.24, 2.45) is 0 Å². The molecule has 2 aromatic heterocycles. The lowest BCUT2D eigenvalue weighted by Crippen LogP contribution is -2.22. The Hall–Kier alpha value is -1.75. The van der Waals surface area contributed by atoms with Crippen molar-refractivity contribution in [3.63, 3.8) is 0 Å². The Morgan fingerprint density at radius 2 is 2.39 bits per heavy atom. The van der Waals surface area contributed by atoms with Crippen LogP contribution in [-0.2, 0) is 6.54 Å². The summed E-state index contributed by atoms with van der Waals surface area (Å²) in [6, 6.07) is 1.88. The number of thiophene rings is 1. The number of nitrogens with zero attached hydrogens (tertiary/aromatic N) is 2. The number of aliphatic hydroxyl groups excluding tert-OH is 1. The van der Waals surface area contributed by atoms with Gasteiger partial charge in [-0.25, -0.2) is 0 Å². The van der Waals surface area contributed by atoms with Crippen molar-refractivity contribution in [3.8, 4) is 11.8 Å². The second-order valence-corrected chi connectivity index (χ2v) is 4.84. The molecule has 0 fully saturated rings. The minimum absolute atomic E-state index is 0.154. The van der Waals surface area contributed by atoms with Crippen LogP contribution < -0.4 is 5.32 Å². The zero-order chi connectivity index (χ0) is 12.8. The van der Waals surface area contributed by atoms with E-state index in [1.165, 1.54) is 11.3 Å². The van der Waals surface area contributed by atoms with E-state index < -0.39 is 0 Å². The number of hydrogen-bond acceptors (Lipinski definition) is 6. The van der Waals surface area contributed by atoms with E-state index in [2.05, 4.69) is 26.7 Å². The number of amides is 1. The summed E-state index contributed by atoms with van der Waals surface area (Å²) in [6.45, 7) is 0.278. The molecule has 0 saturated heterocycles. The predicted octanol–water partition coefficient (Wildman–Crippen LogP) is 0.873. The number of aliphatic hydroxyl groups is 1. The lowest BCUT2D eigenvalue weighted by Gasteiger charge is -1.99. The van der Waals surface area contributed by atoms with Gasteiger partial charge in [-0.1, -0.05) is 16.3 Å². The molecule has 7 heteroatoms. The molecule has 0 aliphatic heterocycles. The molecule has 2 aromatic rings. The monoisotopic (exact) mass is 279 g/mol. The average Bonchev–Trinajstić information content (AvgIpc) is 3.04. The molecule has 2 heterocycles. The number of rotatable bonds is 3. The van der Waals surface area contributed by atoms with Crippen molar-refractivity contribution in [3.05, 3.63) is 33.0 Å². The van der Waals surface area contributed by atoms with Crippen molar-refractivity contribution in [1.29, 1.82) is 0 Å². The van der Waals surface area contributed by atoms with E-state index in [0.717, 1.165) is 22.0 Å². The zero-order valence-electron chi connectivity index (χ0n) is 9.21. The average molecular weight is 279 g/mol. The largest absolute Gasteiger partial charge is 0.384 e. The third-order valence-electron chi connectivity index (χ3n) is 1.98. The number of carbonyl (C=O) groups is 1. The first-order chi connectivity index (χ1) is 8.79. The second-order valence-electron chi connectivity index (χ2n) is 3.23. The van der Waals surface area contributed by atoms with Crippen molar-refractivity contribution >= 4 is 28.8 Å². The predicted molar refractivity (Wildman–Crippen MR) is 69.4 cm³/mol. The van der Waals surface area contributed by atoms with Gasteiger partial charge in [0.05, 0.1) is 6.54 Å². The molecule has 0 spiro atoms. The van der Waals surface area contributed by atoms with E-state index in [9.17, 15) is 4.79 Å². The Balaban J connectivity index is 1.90. The molecule has 0 aromatic carbocycles. The lowest BCUT2D eigenvalue weighted by atomic mass is 10.3. The topological polar surface area (TPSA) is 75.1 Å². The quantitative estimate of drug-likeness (QED) is 0.818. The Morgan fingerprint density at radius 1 is 1.50 bits per heavy atom. The maximum Gasteiger partial charge on any atom is 0.273 e. The summed E-state index contributed by atoms with van der Waals surface area (Å²) in [5, 5.41) is 18.5. The first-order valence-electron chi connectivity index (χ1n) is 5.02. The van der Waals surface area contributed by atoms with Gasteiger partial charge in [-0.05, 0) is 17.6 Å². The molecule has 0 atom stereocenters. The molecular formula is C11H9N3O2S2. The third-order valence-corrected chi connectivity index (χ3v) is 3.42. The Bertz CT molecular complexity index is 581. The van der Waals surface area contributed by atoms with Crippen LogP contribution in [0, 0.1) is 11.8 Å². The van der Waals surface area contributed by atoms with E-state index in [0.29, 0.717) is 12.2 Å². The van der Waals surface area contributed by atoms with Gasteiger partial charge in [0.1, 0.15) is 6.61 Å². The van der Waals surface area contributed by atoms with Gasteiger partial charge >= 0.3 is 0 Å². The van der Waals surface area contributed by atoms with Crippen LogP contribution in [0.1, 0.15) is 20.9 Å². The highest BCUT2D eigenvalue weighted by atomic mass is 32.1. The van der Waals surface area contributed by atoms with Crippen LogP contribution in [0.25, 0.3) is 0 Å². The summed E-state index contributed by atoms with van der Waals surface area (Å²) in [6.07, 6.45) is 0. The first kappa shape index (κ1) is 12.7. The Morgan fingerprint density at radius 3 is 3.11 bits per heavy atom. The van der Waals surface area contributed by atoms with Crippen LogP contribution in [0.5, 0.6) is 0 Å². The minimum Gasteiger partial charge on any atom is -0.384 e. The van der Waals surface area contributed by atoms with Crippen LogP contribution in [-0.4, -0.2) is 27.2 Å². The zero-order valence-corrected chi connectivity index (χ0v) is 10.8. The van der Waals surface area contributed by atoms with Crippen molar-refractivity contribution in [2.75, 3.05) is 6.61 Å². The minimum atomic E-state index is -0.236. The highest BCUT2D eigenvalue weighted by Crippen LogP contribution is 2.13. The maximum absolute atomic E-state index is 11.6. The van der Waals surface area contributed by atoms with Crippen molar-refractivity contribution < 1.29 is 9.90 Å². The van der Waals surface area contributed by atoms with Gasteiger partial charge in [0.25, 0.3) is 5.91 Å². The third kappa shape index (κ3) is 3.37. The van der Waals surface area contributed by atoms with Gasteiger partial charge in [0.15, 0.2) is 5.69 Å². The smallest absolute Gasteiger partial charge is 0.273 e. The van der Waals surface area contributed by atoms with E-state index in [1.807, 2.05) is 11.4 Å². The first-order valence-corrected chi connectivity index (χ1v) is 6.73. The molecule has 0 radical (unpaired) electrons. The van der Waals surface area contributed by atoms with Crippen molar-refractivity contribution in [1.82, 2.24) is 14.9 Å². The highest BCUT2D eigenvalue weighted by molar-refractivity contribution is 7.10. The summed E-state index contributed by atoms with van der Waals surface area (Å²) in [7, 11) is 0. The van der Waals surface area contributed by atoms with Gasteiger partial charge in [0, 0.05) is 21.2 Å². The van der Waals surface area contributed by atoms with Crippen LogP contribution >= 0.6 is 22.9 Å². The highest BCUT2D eigenvalue weighted by Gasteiger charge is 2.08. The summed E-state index contributed by atoms with van der Waals surface area (Å²) in [5.74, 6) is 5.14. The number of aromatic nitrogens is 2. The molecule has 0 saturated carbocycles. The molecule has 0 bridgehead atoms. The molecule has 18 heavy (non-hydrogen) atoms. The van der Waals surface area contributed by atoms with Crippen molar-refractivity contribution in [2.45, 2.75) is 6.54 Å². The fourth-order valence-electron chi connectivity index (χ4n) is 1.20. The summed E-state index contributed by atoms with van der Waals surface area (Å²) < 4.78 is 3.63. The molecule has 0 aliphatic carbocycles. The number of nitrogens with one attached hydrogen (secondary N) is 1. The van der Waals surface area contributed by atoms with Gasteiger partial charge in [-0.3, -0.25) is 4.79 Å². The van der Waals surface area contributed by atoms with E-state index in [1.54, 1.807) is 5.38 Å². The molecule has 92 valence electrons. The van der Waals surface area contributed by atoms with Gasteiger partial charge in [-0.2, -0.15) is 0 Å². The Labute approximate surface area is 112 Å². The summed E-state index contributed by atoms with van der Waals surface area (Å²) >= 11 is 2.65.